The number of benzene rings is 1. The molecule has 0 aliphatic rings. The highest BCUT2D eigenvalue weighted by Crippen LogP contribution is 2.31. The Kier molecular flexibility index (Phi) is 2.43. The van der Waals surface area contributed by atoms with E-state index in [1.807, 2.05) is 29.8 Å². The zero-order valence-corrected chi connectivity index (χ0v) is 9.23. The summed E-state index contributed by atoms with van der Waals surface area (Å²) in [5.74, 6) is 0. The first-order valence-corrected chi connectivity index (χ1v) is 5.03. The standard InChI is InChI=1S/C10H10Cl2N2/c1-14-8-3-2-6(11)4-7(8)10(12)9(14)5-13/h2-4H,5,13H2,1H3. The molecule has 0 atom stereocenters. The molecule has 2 N–H and O–H groups in total. The van der Waals surface area contributed by atoms with E-state index in [1.54, 1.807) is 0 Å². The van der Waals surface area contributed by atoms with E-state index < -0.39 is 0 Å². The summed E-state index contributed by atoms with van der Waals surface area (Å²) in [6.45, 7) is 0.432. The van der Waals surface area contributed by atoms with E-state index in [0.29, 0.717) is 16.6 Å². The number of nitrogens with zero attached hydrogens (tertiary/aromatic N) is 1. The third kappa shape index (κ3) is 1.31. The van der Waals surface area contributed by atoms with Gasteiger partial charge in [-0.15, -0.1) is 0 Å². The van der Waals surface area contributed by atoms with E-state index in [1.165, 1.54) is 0 Å². The van der Waals surface area contributed by atoms with Crippen LogP contribution < -0.4 is 5.73 Å². The van der Waals surface area contributed by atoms with Crippen LogP contribution in [0.4, 0.5) is 0 Å². The molecule has 74 valence electrons. The number of aromatic nitrogens is 1. The van der Waals surface area contributed by atoms with Gasteiger partial charge < -0.3 is 10.3 Å². The van der Waals surface area contributed by atoms with Crippen molar-refractivity contribution in [2.24, 2.45) is 12.8 Å². The summed E-state index contributed by atoms with van der Waals surface area (Å²) in [7, 11) is 1.95. The second kappa shape index (κ2) is 3.46. The van der Waals surface area contributed by atoms with Gasteiger partial charge in [-0.05, 0) is 18.2 Å². The highest BCUT2D eigenvalue weighted by molar-refractivity contribution is 6.37. The van der Waals surface area contributed by atoms with Gasteiger partial charge in [-0.2, -0.15) is 0 Å². The van der Waals surface area contributed by atoms with E-state index in [9.17, 15) is 0 Å². The van der Waals surface area contributed by atoms with Crippen LogP contribution in [0, 0.1) is 0 Å². The molecule has 0 aliphatic carbocycles. The first kappa shape index (κ1) is 9.84. The van der Waals surface area contributed by atoms with E-state index in [4.69, 9.17) is 28.9 Å². The fraction of sp³-hybridized carbons (Fsp3) is 0.200. The molecule has 14 heavy (non-hydrogen) atoms. The minimum Gasteiger partial charge on any atom is -0.345 e. The number of nitrogens with two attached hydrogens (primary N) is 1. The van der Waals surface area contributed by atoms with Gasteiger partial charge in [0.05, 0.1) is 10.7 Å². The van der Waals surface area contributed by atoms with Gasteiger partial charge in [0, 0.05) is 29.5 Å². The number of fused-ring (bicyclic) bond motifs is 1. The Balaban J connectivity index is 2.87. The molecule has 0 bridgehead atoms. The second-order valence-electron chi connectivity index (χ2n) is 3.19. The Labute approximate surface area is 92.2 Å². The Bertz CT molecular complexity index is 488. The Morgan fingerprint density at radius 3 is 2.71 bits per heavy atom. The van der Waals surface area contributed by atoms with Crippen LogP contribution in [-0.2, 0) is 13.6 Å². The van der Waals surface area contributed by atoms with Crippen molar-refractivity contribution in [1.29, 1.82) is 0 Å². The van der Waals surface area contributed by atoms with Crippen LogP contribution in [0.1, 0.15) is 5.69 Å². The second-order valence-corrected chi connectivity index (χ2v) is 4.00. The van der Waals surface area contributed by atoms with Crippen molar-refractivity contribution >= 4 is 34.1 Å². The summed E-state index contributed by atoms with van der Waals surface area (Å²) in [5.41, 5.74) is 7.60. The first-order valence-electron chi connectivity index (χ1n) is 4.27. The van der Waals surface area contributed by atoms with Gasteiger partial charge >= 0.3 is 0 Å². The zero-order chi connectivity index (χ0) is 10.3. The van der Waals surface area contributed by atoms with E-state index in [-0.39, 0.29) is 0 Å². The smallest absolute Gasteiger partial charge is 0.0707 e. The van der Waals surface area contributed by atoms with Crippen LogP contribution in [0.15, 0.2) is 18.2 Å². The van der Waals surface area contributed by atoms with Gasteiger partial charge in [0.25, 0.3) is 0 Å². The maximum atomic E-state index is 6.18. The summed E-state index contributed by atoms with van der Waals surface area (Å²) in [6.07, 6.45) is 0. The van der Waals surface area contributed by atoms with Crippen molar-refractivity contribution in [1.82, 2.24) is 4.57 Å². The molecule has 1 aromatic carbocycles. The van der Waals surface area contributed by atoms with Gasteiger partial charge in [-0.1, -0.05) is 23.2 Å². The molecule has 0 aliphatic heterocycles. The molecule has 4 heteroatoms. The maximum absolute atomic E-state index is 6.18. The van der Waals surface area contributed by atoms with Gasteiger partial charge in [0.1, 0.15) is 0 Å². The van der Waals surface area contributed by atoms with Gasteiger partial charge in [-0.25, -0.2) is 0 Å². The van der Waals surface area contributed by atoms with Crippen LogP contribution in [0.3, 0.4) is 0 Å². The molecule has 0 amide bonds. The van der Waals surface area contributed by atoms with Crippen molar-refractivity contribution in [2.75, 3.05) is 0 Å². The molecular weight excluding hydrogens is 219 g/mol. The van der Waals surface area contributed by atoms with Crippen LogP contribution >= 0.6 is 23.2 Å². The van der Waals surface area contributed by atoms with Crippen LogP contribution in [-0.4, -0.2) is 4.57 Å². The Morgan fingerprint density at radius 2 is 2.07 bits per heavy atom. The summed E-state index contributed by atoms with van der Waals surface area (Å²) < 4.78 is 1.99. The van der Waals surface area contributed by atoms with Crippen LogP contribution in [0.5, 0.6) is 0 Å². The van der Waals surface area contributed by atoms with Crippen molar-refractivity contribution in [3.8, 4) is 0 Å². The zero-order valence-electron chi connectivity index (χ0n) is 7.72. The van der Waals surface area contributed by atoms with Gasteiger partial charge in [-0.3, -0.25) is 0 Å². The Hall–Kier alpha value is -0.700. The van der Waals surface area contributed by atoms with Crippen molar-refractivity contribution in [2.45, 2.75) is 6.54 Å². The average Bonchev–Trinajstić information content (AvgIpc) is 2.39. The molecule has 0 saturated carbocycles. The minimum absolute atomic E-state index is 0.432. The fourth-order valence-electron chi connectivity index (χ4n) is 1.65. The van der Waals surface area contributed by atoms with Crippen LogP contribution in [0.25, 0.3) is 10.9 Å². The number of hydrogen-bond acceptors (Lipinski definition) is 1. The molecular formula is C10H10Cl2N2. The predicted molar refractivity (Wildman–Crippen MR) is 60.8 cm³/mol. The average molecular weight is 229 g/mol. The van der Waals surface area contributed by atoms with E-state index >= 15 is 0 Å². The number of hydrogen-bond donors (Lipinski definition) is 1. The summed E-state index contributed by atoms with van der Waals surface area (Å²) in [6, 6.07) is 5.65. The highest BCUT2D eigenvalue weighted by Gasteiger charge is 2.11. The minimum atomic E-state index is 0.432. The quantitative estimate of drug-likeness (QED) is 0.800. The maximum Gasteiger partial charge on any atom is 0.0707 e. The van der Waals surface area contributed by atoms with E-state index in [0.717, 1.165) is 16.6 Å². The van der Waals surface area contributed by atoms with Gasteiger partial charge in [0.15, 0.2) is 0 Å². The molecule has 0 saturated heterocycles. The lowest BCUT2D eigenvalue weighted by atomic mass is 10.2. The molecule has 0 spiro atoms. The van der Waals surface area contributed by atoms with Crippen molar-refractivity contribution in [3.05, 3.63) is 33.9 Å². The van der Waals surface area contributed by atoms with Crippen molar-refractivity contribution in [3.63, 3.8) is 0 Å². The number of rotatable bonds is 1. The highest BCUT2D eigenvalue weighted by atomic mass is 35.5. The molecule has 0 radical (unpaired) electrons. The van der Waals surface area contributed by atoms with Crippen molar-refractivity contribution < 1.29 is 0 Å². The topological polar surface area (TPSA) is 30.9 Å². The summed E-state index contributed by atoms with van der Waals surface area (Å²) in [4.78, 5) is 0. The Morgan fingerprint density at radius 1 is 1.36 bits per heavy atom. The fourth-order valence-corrected chi connectivity index (χ4v) is 2.18. The molecule has 2 aromatic rings. The molecule has 1 heterocycles. The molecule has 2 nitrogen and oxygen atoms in total. The monoisotopic (exact) mass is 228 g/mol. The summed E-state index contributed by atoms with van der Waals surface area (Å²) >= 11 is 12.1. The molecule has 0 unspecified atom stereocenters. The number of halogens is 2. The number of aryl methyl sites for hydroxylation is 1. The molecule has 2 rings (SSSR count). The SMILES string of the molecule is Cn1c(CN)c(Cl)c2cc(Cl)ccc21. The largest absolute Gasteiger partial charge is 0.345 e. The van der Waals surface area contributed by atoms with Crippen LogP contribution in [0.2, 0.25) is 10.0 Å². The molecule has 0 fully saturated rings. The lowest BCUT2D eigenvalue weighted by molar-refractivity contribution is 0.849. The summed E-state index contributed by atoms with van der Waals surface area (Å²) in [5, 5.41) is 2.35. The van der Waals surface area contributed by atoms with Gasteiger partial charge in [0.2, 0.25) is 0 Å². The predicted octanol–water partition coefficient (Wildman–Crippen LogP) is 2.94. The lowest BCUT2D eigenvalue weighted by Gasteiger charge is -2.00. The third-order valence-corrected chi connectivity index (χ3v) is 3.06. The normalized spacial score (nSPS) is 11.1. The first-order chi connectivity index (χ1) is 6.65. The molecule has 1 aromatic heterocycles. The lowest BCUT2D eigenvalue weighted by Crippen LogP contribution is -2.03. The third-order valence-electron chi connectivity index (χ3n) is 2.41. The van der Waals surface area contributed by atoms with E-state index in [2.05, 4.69) is 0 Å².